The molecule has 1 fully saturated rings. The van der Waals surface area contributed by atoms with Crippen molar-refractivity contribution in [1.82, 2.24) is 10.1 Å². The van der Waals surface area contributed by atoms with E-state index in [1.54, 1.807) is 49.6 Å². The minimum atomic E-state index is -0.388. The van der Waals surface area contributed by atoms with Crippen molar-refractivity contribution in [2.75, 3.05) is 25.1 Å². The normalized spacial score (nSPS) is 14.2. The van der Waals surface area contributed by atoms with Crippen LogP contribution >= 0.6 is 0 Å². The van der Waals surface area contributed by atoms with E-state index in [9.17, 15) is 14.9 Å². The topological polar surface area (TPSA) is 121 Å². The maximum absolute atomic E-state index is 12.5. The second-order valence-electron chi connectivity index (χ2n) is 7.36. The zero-order chi connectivity index (χ0) is 22.5. The summed E-state index contributed by atoms with van der Waals surface area (Å²) in [6.45, 7) is 0.992. The molecule has 4 rings (SSSR count). The van der Waals surface area contributed by atoms with Crippen LogP contribution in [0.5, 0.6) is 5.75 Å². The van der Waals surface area contributed by atoms with Crippen molar-refractivity contribution in [2.24, 2.45) is 5.92 Å². The predicted molar refractivity (Wildman–Crippen MR) is 114 cm³/mol. The quantitative estimate of drug-likeness (QED) is 0.309. The van der Waals surface area contributed by atoms with Gasteiger partial charge in [0.05, 0.1) is 18.0 Å². The molecule has 10 nitrogen and oxygen atoms in total. The van der Waals surface area contributed by atoms with Crippen LogP contribution in [0.1, 0.15) is 18.7 Å². The molecule has 0 radical (unpaired) electrons. The Bertz CT molecular complexity index is 1090. The van der Waals surface area contributed by atoms with Crippen molar-refractivity contribution >= 4 is 17.3 Å². The molecule has 1 aliphatic rings. The Balaban J connectivity index is 1.29. The van der Waals surface area contributed by atoms with Crippen LogP contribution in [0.2, 0.25) is 0 Å². The van der Waals surface area contributed by atoms with Gasteiger partial charge in [0.2, 0.25) is 5.82 Å². The Kier molecular flexibility index (Phi) is 6.29. The molecule has 0 amide bonds. The van der Waals surface area contributed by atoms with Gasteiger partial charge in [0, 0.05) is 24.7 Å². The van der Waals surface area contributed by atoms with E-state index in [0.29, 0.717) is 37.5 Å². The first-order valence-electron chi connectivity index (χ1n) is 10.2. The lowest BCUT2D eigenvalue weighted by atomic mass is 9.96. The summed E-state index contributed by atoms with van der Waals surface area (Å²) in [4.78, 5) is 29.6. The van der Waals surface area contributed by atoms with Crippen LogP contribution in [0, 0.1) is 16.0 Å². The second-order valence-corrected chi connectivity index (χ2v) is 7.36. The van der Waals surface area contributed by atoms with E-state index in [2.05, 4.69) is 10.1 Å². The lowest BCUT2D eigenvalue weighted by Crippen LogP contribution is -2.37. The number of benzene rings is 2. The standard InChI is InChI=1S/C22H22N4O6/c1-30-17-8-6-15(7-9-17)21-23-20(24-32-21)14-31-22(27)16-10-12-25(13-11-16)18-4-2-3-5-19(18)26(28)29/h2-9,16H,10-14H2,1H3. The van der Waals surface area contributed by atoms with E-state index in [4.69, 9.17) is 14.0 Å². The molecular weight excluding hydrogens is 416 g/mol. The van der Waals surface area contributed by atoms with Crippen LogP contribution in [0.4, 0.5) is 11.4 Å². The molecule has 2 aromatic carbocycles. The molecule has 0 atom stereocenters. The molecule has 1 saturated heterocycles. The summed E-state index contributed by atoms with van der Waals surface area (Å²) >= 11 is 0. The highest BCUT2D eigenvalue weighted by Crippen LogP contribution is 2.31. The highest BCUT2D eigenvalue weighted by atomic mass is 16.6. The van der Waals surface area contributed by atoms with E-state index in [-0.39, 0.29) is 34.9 Å². The number of nitro benzene ring substituents is 1. The maximum Gasteiger partial charge on any atom is 0.309 e. The molecular formula is C22H22N4O6. The van der Waals surface area contributed by atoms with E-state index >= 15 is 0 Å². The summed E-state index contributed by atoms with van der Waals surface area (Å²) in [6, 6.07) is 13.8. The average molecular weight is 438 g/mol. The minimum absolute atomic E-state index is 0.0679. The van der Waals surface area contributed by atoms with Gasteiger partial charge >= 0.3 is 5.97 Å². The first kappa shape index (κ1) is 21.3. The molecule has 0 saturated carbocycles. The van der Waals surface area contributed by atoms with E-state index < -0.39 is 0 Å². The number of carbonyl (C=O) groups is 1. The maximum atomic E-state index is 12.5. The highest BCUT2D eigenvalue weighted by molar-refractivity contribution is 5.73. The largest absolute Gasteiger partial charge is 0.497 e. The van der Waals surface area contributed by atoms with Gasteiger partial charge in [-0.05, 0) is 43.2 Å². The smallest absolute Gasteiger partial charge is 0.309 e. The first-order valence-corrected chi connectivity index (χ1v) is 10.2. The molecule has 0 bridgehead atoms. The number of piperidine rings is 1. The molecule has 2 heterocycles. The number of esters is 1. The predicted octanol–water partition coefficient (Wildman–Crippen LogP) is 3.61. The van der Waals surface area contributed by atoms with Crippen molar-refractivity contribution in [3.8, 4) is 17.2 Å². The number of carbonyl (C=O) groups excluding carboxylic acids is 1. The average Bonchev–Trinajstić information content (AvgIpc) is 3.32. The highest BCUT2D eigenvalue weighted by Gasteiger charge is 2.29. The zero-order valence-corrected chi connectivity index (χ0v) is 17.5. The molecule has 1 aliphatic heterocycles. The van der Waals surface area contributed by atoms with Gasteiger partial charge in [-0.25, -0.2) is 0 Å². The summed E-state index contributed by atoms with van der Waals surface area (Å²) in [7, 11) is 1.59. The SMILES string of the molecule is COc1ccc(-c2nc(COC(=O)C3CCN(c4ccccc4[N+](=O)[O-])CC3)no2)cc1. The lowest BCUT2D eigenvalue weighted by molar-refractivity contribution is -0.384. The Morgan fingerprint density at radius 2 is 1.91 bits per heavy atom. The van der Waals surface area contributed by atoms with Gasteiger partial charge in [-0.1, -0.05) is 17.3 Å². The lowest BCUT2D eigenvalue weighted by Gasteiger charge is -2.32. The van der Waals surface area contributed by atoms with Gasteiger partial charge in [0.15, 0.2) is 6.61 Å². The molecule has 3 aromatic rings. The van der Waals surface area contributed by atoms with Crippen LogP contribution in [-0.2, 0) is 16.1 Å². The Labute approximate surface area is 183 Å². The molecule has 0 unspecified atom stereocenters. The van der Waals surface area contributed by atoms with Crippen molar-refractivity contribution < 1.29 is 23.7 Å². The monoisotopic (exact) mass is 438 g/mol. The Hall–Kier alpha value is -3.95. The number of ether oxygens (including phenoxy) is 2. The van der Waals surface area contributed by atoms with E-state index in [1.807, 2.05) is 4.90 Å². The van der Waals surface area contributed by atoms with Crippen LogP contribution in [0.3, 0.4) is 0 Å². The molecule has 1 aromatic heterocycles. The van der Waals surface area contributed by atoms with E-state index in [0.717, 1.165) is 11.3 Å². The summed E-state index contributed by atoms with van der Waals surface area (Å²) in [5.74, 6) is 0.721. The third kappa shape index (κ3) is 4.69. The zero-order valence-electron chi connectivity index (χ0n) is 17.5. The molecule has 10 heteroatoms. The Morgan fingerprint density at radius 1 is 1.19 bits per heavy atom. The van der Waals surface area contributed by atoms with Crippen molar-refractivity contribution in [1.29, 1.82) is 0 Å². The number of hydrogen-bond acceptors (Lipinski definition) is 9. The number of nitrogens with zero attached hydrogens (tertiary/aromatic N) is 4. The molecule has 0 N–H and O–H groups in total. The van der Waals surface area contributed by atoms with Gasteiger partial charge in [-0.15, -0.1) is 0 Å². The van der Waals surface area contributed by atoms with Gasteiger partial charge in [-0.3, -0.25) is 14.9 Å². The molecule has 32 heavy (non-hydrogen) atoms. The fourth-order valence-electron chi connectivity index (χ4n) is 3.66. The summed E-state index contributed by atoms with van der Waals surface area (Å²) in [6.07, 6.45) is 1.10. The first-order chi connectivity index (χ1) is 15.5. The minimum Gasteiger partial charge on any atom is -0.497 e. The Morgan fingerprint density at radius 3 is 2.59 bits per heavy atom. The van der Waals surface area contributed by atoms with Crippen LogP contribution in [-0.4, -0.2) is 41.2 Å². The summed E-state index contributed by atoms with van der Waals surface area (Å²) in [5.41, 5.74) is 1.37. The third-order valence-electron chi connectivity index (χ3n) is 5.40. The van der Waals surface area contributed by atoms with Crippen LogP contribution in [0.25, 0.3) is 11.5 Å². The third-order valence-corrected chi connectivity index (χ3v) is 5.40. The second kappa shape index (κ2) is 9.46. The number of anilines is 1. The number of methoxy groups -OCH3 is 1. The van der Waals surface area contributed by atoms with Crippen molar-refractivity contribution in [2.45, 2.75) is 19.4 Å². The van der Waals surface area contributed by atoms with Gasteiger partial charge in [0.1, 0.15) is 11.4 Å². The number of para-hydroxylation sites is 2. The number of rotatable bonds is 7. The van der Waals surface area contributed by atoms with Crippen molar-refractivity contribution in [3.05, 3.63) is 64.5 Å². The van der Waals surface area contributed by atoms with Crippen LogP contribution < -0.4 is 9.64 Å². The summed E-state index contributed by atoms with van der Waals surface area (Å²) < 4.78 is 15.7. The fourth-order valence-corrected chi connectivity index (χ4v) is 3.66. The van der Waals surface area contributed by atoms with Crippen LogP contribution in [0.15, 0.2) is 53.1 Å². The summed E-state index contributed by atoms with van der Waals surface area (Å²) in [5, 5.41) is 15.1. The number of nitro groups is 1. The fraction of sp³-hybridized carbons (Fsp3) is 0.318. The van der Waals surface area contributed by atoms with Crippen molar-refractivity contribution in [3.63, 3.8) is 0 Å². The van der Waals surface area contributed by atoms with Gasteiger partial charge < -0.3 is 18.9 Å². The molecule has 166 valence electrons. The molecule has 0 spiro atoms. The van der Waals surface area contributed by atoms with E-state index in [1.165, 1.54) is 6.07 Å². The van der Waals surface area contributed by atoms with Gasteiger partial charge in [0.25, 0.3) is 11.6 Å². The number of hydrogen-bond donors (Lipinski definition) is 0. The van der Waals surface area contributed by atoms with Gasteiger partial charge in [-0.2, -0.15) is 4.98 Å². The molecule has 0 aliphatic carbocycles. The number of aromatic nitrogens is 2.